The van der Waals surface area contributed by atoms with Crippen LogP contribution in [0.3, 0.4) is 0 Å². The van der Waals surface area contributed by atoms with Crippen molar-refractivity contribution < 1.29 is 18.1 Å². The van der Waals surface area contributed by atoms with Crippen LogP contribution in [0.25, 0.3) is 11.0 Å². The molecule has 1 aliphatic heterocycles. The zero-order valence-electron chi connectivity index (χ0n) is 16.1. The molecule has 0 spiro atoms. The van der Waals surface area contributed by atoms with Crippen molar-refractivity contribution in [3.63, 3.8) is 0 Å². The number of aromatic nitrogens is 3. The standard InChI is InChI=1S/C21H23F3N4/c1-14-3-4-15(2)16(11-14)13-27-9-7-18(8-10-27)28-20-6-5-17(21(22,23)24)12-19(20)25-26-28/h3-6,11-12,18H,7-10,13H2,1-2H3/p+1. The first kappa shape index (κ1) is 18.9. The van der Waals surface area contributed by atoms with Crippen LogP contribution in [0.15, 0.2) is 36.4 Å². The number of rotatable bonds is 3. The number of hydrogen-bond acceptors (Lipinski definition) is 2. The number of nitrogens with zero attached hydrogens (tertiary/aromatic N) is 3. The Balaban J connectivity index is 1.46. The molecule has 1 N–H and O–H groups in total. The number of nitrogens with one attached hydrogen (secondary N) is 1. The molecule has 28 heavy (non-hydrogen) atoms. The van der Waals surface area contributed by atoms with E-state index in [1.54, 1.807) is 0 Å². The fourth-order valence-electron chi connectivity index (χ4n) is 4.08. The third-order valence-electron chi connectivity index (χ3n) is 5.75. The maximum absolute atomic E-state index is 12.9. The van der Waals surface area contributed by atoms with E-state index in [0.29, 0.717) is 11.0 Å². The molecular formula is C21H24F3N4+. The summed E-state index contributed by atoms with van der Waals surface area (Å²) < 4.78 is 40.5. The summed E-state index contributed by atoms with van der Waals surface area (Å²) in [6.07, 6.45) is -2.47. The lowest BCUT2D eigenvalue weighted by Crippen LogP contribution is -3.11. The van der Waals surface area contributed by atoms with E-state index in [1.165, 1.54) is 27.7 Å². The van der Waals surface area contributed by atoms with E-state index in [1.807, 2.05) is 4.68 Å². The van der Waals surface area contributed by atoms with Gasteiger partial charge in [-0.3, -0.25) is 0 Å². The highest BCUT2D eigenvalue weighted by Crippen LogP contribution is 2.31. The lowest BCUT2D eigenvalue weighted by atomic mass is 10.0. The first-order valence-electron chi connectivity index (χ1n) is 9.63. The highest BCUT2D eigenvalue weighted by atomic mass is 19.4. The van der Waals surface area contributed by atoms with Gasteiger partial charge in [0.1, 0.15) is 12.1 Å². The molecule has 0 atom stereocenters. The summed E-state index contributed by atoms with van der Waals surface area (Å²) in [6, 6.07) is 10.5. The van der Waals surface area contributed by atoms with E-state index in [2.05, 4.69) is 42.4 Å². The van der Waals surface area contributed by atoms with Gasteiger partial charge in [0.25, 0.3) is 0 Å². The van der Waals surface area contributed by atoms with Crippen LogP contribution in [-0.4, -0.2) is 28.1 Å². The average molecular weight is 389 g/mol. The van der Waals surface area contributed by atoms with Crippen LogP contribution in [0.1, 0.15) is 41.1 Å². The number of benzene rings is 2. The molecule has 3 aromatic rings. The van der Waals surface area contributed by atoms with Crippen molar-refractivity contribution in [2.75, 3.05) is 13.1 Å². The molecular weight excluding hydrogens is 365 g/mol. The number of likely N-dealkylation sites (tertiary alicyclic amines) is 1. The van der Waals surface area contributed by atoms with Crippen LogP contribution in [0.4, 0.5) is 13.2 Å². The number of alkyl halides is 3. The molecule has 0 amide bonds. The van der Waals surface area contributed by atoms with Gasteiger partial charge >= 0.3 is 6.18 Å². The Morgan fingerprint density at radius 2 is 1.82 bits per heavy atom. The third kappa shape index (κ3) is 3.76. The predicted octanol–water partition coefficient (Wildman–Crippen LogP) is 3.49. The highest BCUT2D eigenvalue weighted by Gasteiger charge is 2.32. The molecule has 1 aromatic heterocycles. The molecule has 4 rings (SSSR count). The topological polar surface area (TPSA) is 35.2 Å². The average Bonchev–Trinajstić information content (AvgIpc) is 3.08. The van der Waals surface area contributed by atoms with Gasteiger partial charge in [-0.25, -0.2) is 4.68 Å². The second-order valence-electron chi connectivity index (χ2n) is 7.82. The smallest absolute Gasteiger partial charge is 0.331 e. The molecule has 0 radical (unpaired) electrons. The summed E-state index contributed by atoms with van der Waals surface area (Å²) in [5.74, 6) is 0. The monoisotopic (exact) mass is 389 g/mol. The van der Waals surface area contributed by atoms with Gasteiger partial charge in [-0.1, -0.05) is 29.0 Å². The van der Waals surface area contributed by atoms with Gasteiger partial charge in [0.2, 0.25) is 0 Å². The van der Waals surface area contributed by atoms with Gasteiger partial charge in [-0.05, 0) is 37.6 Å². The number of halogens is 3. The van der Waals surface area contributed by atoms with Gasteiger partial charge in [-0.2, -0.15) is 13.2 Å². The van der Waals surface area contributed by atoms with Crippen LogP contribution in [0.5, 0.6) is 0 Å². The largest absolute Gasteiger partial charge is 0.416 e. The minimum absolute atomic E-state index is 0.184. The molecule has 0 aliphatic carbocycles. The Morgan fingerprint density at radius 1 is 1.07 bits per heavy atom. The molecule has 1 saturated heterocycles. The first-order valence-corrected chi connectivity index (χ1v) is 9.63. The van der Waals surface area contributed by atoms with E-state index < -0.39 is 11.7 Å². The van der Waals surface area contributed by atoms with Crippen molar-refractivity contribution in [3.8, 4) is 0 Å². The Kier molecular flexibility index (Phi) is 4.87. The van der Waals surface area contributed by atoms with Crippen LogP contribution < -0.4 is 4.90 Å². The van der Waals surface area contributed by atoms with E-state index >= 15 is 0 Å². The summed E-state index contributed by atoms with van der Waals surface area (Å²) in [7, 11) is 0. The van der Waals surface area contributed by atoms with E-state index in [0.717, 1.165) is 44.6 Å². The maximum atomic E-state index is 12.9. The normalized spacial score (nSPS) is 20.6. The molecule has 2 heterocycles. The van der Waals surface area contributed by atoms with Crippen molar-refractivity contribution in [1.82, 2.24) is 15.0 Å². The number of piperidine rings is 1. The molecule has 148 valence electrons. The number of aryl methyl sites for hydroxylation is 2. The SMILES string of the molecule is Cc1ccc(C)c(C[NH+]2CCC(n3nnc4cc(C(F)(F)F)ccc43)CC2)c1. The number of hydrogen-bond donors (Lipinski definition) is 1. The molecule has 0 saturated carbocycles. The Morgan fingerprint density at radius 3 is 2.54 bits per heavy atom. The number of quaternary nitrogens is 1. The van der Waals surface area contributed by atoms with Crippen molar-refractivity contribution in [1.29, 1.82) is 0 Å². The quantitative estimate of drug-likeness (QED) is 0.744. The predicted molar refractivity (Wildman–Crippen MR) is 101 cm³/mol. The lowest BCUT2D eigenvalue weighted by Gasteiger charge is -2.30. The lowest BCUT2D eigenvalue weighted by molar-refractivity contribution is -0.919. The van der Waals surface area contributed by atoms with Crippen LogP contribution in [0, 0.1) is 13.8 Å². The zero-order valence-corrected chi connectivity index (χ0v) is 16.1. The second kappa shape index (κ2) is 7.20. The molecule has 2 aromatic carbocycles. The third-order valence-corrected chi connectivity index (χ3v) is 5.75. The van der Waals surface area contributed by atoms with E-state index in [-0.39, 0.29) is 6.04 Å². The fourth-order valence-corrected chi connectivity index (χ4v) is 4.08. The highest BCUT2D eigenvalue weighted by molar-refractivity contribution is 5.75. The molecule has 1 fully saturated rings. The van der Waals surface area contributed by atoms with Crippen molar-refractivity contribution in [3.05, 3.63) is 58.7 Å². The van der Waals surface area contributed by atoms with Gasteiger partial charge in [0, 0.05) is 18.4 Å². The number of fused-ring (bicyclic) bond motifs is 1. The Labute approximate surface area is 162 Å². The Hall–Kier alpha value is -2.41. The first-order chi connectivity index (χ1) is 13.3. The summed E-state index contributed by atoms with van der Waals surface area (Å²) in [5.41, 5.74) is 4.29. The summed E-state index contributed by atoms with van der Waals surface area (Å²) >= 11 is 0. The maximum Gasteiger partial charge on any atom is 0.416 e. The zero-order chi connectivity index (χ0) is 19.9. The molecule has 7 heteroatoms. The molecule has 0 unspecified atom stereocenters. The van der Waals surface area contributed by atoms with Crippen molar-refractivity contribution in [2.45, 2.75) is 45.5 Å². The summed E-state index contributed by atoms with van der Waals surface area (Å²) in [5, 5.41) is 8.15. The van der Waals surface area contributed by atoms with Gasteiger partial charge in [0.15, 0.2) is 0 Å². The molecule has 1 aliphatic rings. The van der Waals surface area contributed by atoms with Gasteiger partial charge < -0.3 is 4.90 Å². The Bertz CT molecular complexity index is 985. The molecule has 0 bridgehead atoms. The van der Waals surface area contributed by atoms with Crippen LogP contribution in [0.2, 0.25) is 0 Å². The van der Waals surface area contributed by atoms with Crippen molar-refractivity contribution in [2.24, 2.45) is 0 Å². The minimum atomic E-state index is -4.36. The summed E-state index contributed by atoms with van der Waals surface area (Å²) in [6.45, 7) is 7.30. The van der Waals surface area contributed by atoms with E-state index in [4.69, 9.17) is 0 Å². The minimum Gasteiger partial charge on any atom is -0.331 e. The van der Waals surface area contributed by atoms with Crippen LogP contribution in [-0.2, 0) is 12.7 Å². The van der Waals surface area contributed by atoms with E-state index in [9.17, 15) is 13.2 Å². The van der Waals surface area contributed by atoms with Gasteiger partial charge in [-0.15, -0.1) is 5.10 Å². The summed E-state index contributed by atoms with van der Waals surface area (Å²) in [4.78, 5) is 1.54. The van der Waals surface area contributed by atoms with Gasteiger partial charge in [0.05, 0.1) is 30.2 Å². The van der Waals surface area contributed by atoms with Crippen molar-refractivity contribution >= 4 is 11.0 Å². The molecule has 4 nitrogen and oxygen atoms in total. The fraction of sp³-hybridized carbons (Fsp3) is 0.429. The van der Waals surface area contributed by atoms with Crippen LogP contribution >= 0.6 is 0 Å². The second-order valence-corrected chi connectivity index (χ2v) is 7.82.